The van der Waals surface area contributed by atoms with Crippen LogP contribution in [0.3, 0.4) is 0 Å². The van der Waals surface area contributed by atoms with E-state index in [0.29, 0.717) is 0 Å². The van der Waals surface area contributed by atoms with Crippen molar-refractivity contribution in [1.29, 1.82) is 0 Å². The highest BCUT2D eigenvalue weighted by molar-refractivity contribution is 8.33. The Kier molecular flexibility index (Phi) is 7.33. The van der Waals surface area contributed by atoms with Crippen LogP contribution >= 0.6 is 10.0 Å². The lowest BCUT2D eigenvalue weighted by molar-refractivity contribution is 0.768. The van der Waals surface area contributed by atoms with E-state index in [1.807, 2.05) is 0 Å². The number of benzene rings is 8. The van der Waals surface area contributed by atoms with Crippen molar-refractivity contribution in [2.75, 3.05) is 12.5 Å². The van der Waals surface area contributed by atoms with Gasteiger partial charge < -0.3 is 0 Å². The maximum atomic E-state index is 5.50. The van der Waals surface area contributed by atoms with Crippen LogP contribution in [0.1, 0.15) is 22.3 Å². The molecule has 2 aliphatic rings. The number of nitrogens with zero attached hydrogens (tertiary/aromatic N) is 2. The van der Waals surface area contributed by atoms with Gasteiger partial charge >= 0.3 is 0 Å². The van der Waals surface area contributed by atoms with Crippen LogP contribution in [0, 0.1) is 0 Å². The monoisotopic (exact) mass is 734 g/mol. The molecule has 2 heterocycles. The van der Waals surface area contributed by atoms with Crippen molar-refractivity contribution in [3.8, 4) is 56.0 Å². The van der Waals surface area contributed by atoms with Crippen molar-refractivity contribution in [3.05, 3.63) is 216 Å². The van der Waals surface area contributed by atoms with Crippen LogP contribution in [-0.4, -0.2) is 22.5 Å². The summed E-state index contributed by atoms with van der Waals surface area (Å²) in [6, 6.07) is 70.8. The van der Waals surface area contributed by atoms with Gasteiger partial charge in [-0.2, -0.15) is 10.0 Å². The highest BCUT2D eigenvalue weighted by atomic mass is 32.3. The first-order valence-electron chi connectivity index (χ1n) is 19.2. The zero-order valence-electron chi connectivity index (χ0n) is 31.3. The highest BCUT2D eigenvalue weighted by Crippen LogP contribution is 2.69. The predicted octanol–water partition coefficient (Wildman–Crippen LogP) is 13.5. The van der Waals surface area contributed by atoms with E-state index in [0.717, 1.165) is 39.1 Å². The summed E-state index contributed by atoms with van der Waals surface area (Å²) >= 11 is 0. The van der Waals surface area contributed by atoms with Crippen LogP contribution in [0.4, 0.5) is 0 Å². The van der Waals surface area contributed by atoms with Gasteiger partial charge in [0.2, 0.25) is 0 Å². The van der Waals surface area contributed by atoms with Gasteiger partial charge in [-0.15, -0.1) is 0 Å². The second kappa shape index (κ2) is 12.5. The van der Waals surface area contributed by atoms with Gasteiger partial charge in [0.15, 0.2) is 5.82 Å². The molecule has 56 heavy (non-hydrogen) atoms. The molecule has 266 valence electrons. The fourth-order valence-corrected chi connectivity index (χ4v) is 12.3. The van der Waals surface area contributed by atoms with Crippen molar-refractivity contribution in [3.63, 3.8) is 0 Å². The number of aromatic nitrogens is 2. The third-order valence-electron chi connectivity index (χ3n) is 12.0. The summed E-state index contributed by atoms with van der Waals surface area (Å²) in [6.45, 7) is 0. The Morgan fingerprint density at radius 3 is 1.75 bits per heavy atom. The van der Waals surface area contributed by atoms with Crippen LogP contribution in [0.15, 0.2) is 204 Å². The van der Waals surface area contributed by atoms with Crippen molar-refractivity contribution in [2.24, 2.45) is 0 Å². The Morgan fingerprint density at radius 1 is 0.411 bits per heavy atom. The molecular weight excluding hydrogens is 697 g/mol. The molecule has 8 aromatic carbocycles. The van der Waals surface area contributed by atoms with Crippen LogP contribution < -0.4 is 0 Å². The quantitative estimate of drug-likeness (QED) is 0.176. The Morgan fingerprint density at radius 2 is 1.00 bits per heavy atom. The van der Waals surface area contributed by atoms with Gasteiger partial charge in [0.25, 0.3) is 0 Å². The second-order valence-corrected chi connectivity index (χ2v) is 18.8. The molecule has 0 bridgehead atoms. The number of hydrogen-bond acceptors (Lipinski definition) is 2. The third-order valence-corrected chi connectivity index (χ3v) is 14.9. The SMILES string of the molecule is CS1(C)c2ccccc2-c2ccc3c(-c4ccccc4)nc(-c4cccc(-c5ccc6c(c5)-c5ccccc5C6(c5ccccc5)c5ccccc5)c4)nc3c21. The predicted molar refractivity (Wildman–Crippen MR) is 235 cm³/mol. The molecule has 1 aliphatic heterocycles. The summed E-state index contributed by atoms with van der Waals surface area (Å²) in [5.74, 6) is 0.747. The molecule has 0 unspecified atom stereocenters. The Hall–Kier alpha value is -6.55. The minimum absolute atomic E-state index is 0.419. The molecule has 0 saturated carbocycles. The van der Waals surface area contributed by atoms with Crippen molar-refractivity contribution in [1.82, 2.24) is 9.97 Å². The molecule has 0 N–H and O–H groups in total. The van der Waals surface area contributed by atoms with Crippen LogP contribution in [0.25, 0.3) is 66.9 Å². The zero-order valence-corrected chi connectivity index (χ0v) is 32.1. The fourth-order valence-electron chi connectivity index (χ4n) is 9.55. The van der Waals surface area contributed by atoms with E-state index in [2.05, 4.69) is 207 Å². The van der Waals surface area contributed by atoms with Gasteiger partial charge in [0.1, 0.15) is 0 Å². The van der Waals surface area contributed by atoms with E-state index in [9.17, 15) is 0 Å². The maximum absolute atomic E-state index is 5.50. The first kappa shape index (κ1) is 32.8. The molecule has 0 fully saturated rings. The van der Waals surface area contributed by atoms with E-state index in [4.69, 9.17) is 9.97 Å². The Labute approximate surface area is 329 Å². The molecule has 0 saturated heterocycles. The molecule has 2 nitrogen and oxygen atoms in total. The summed E-state index contributed by atoms with van der Waals surface area (Å²) in [7, 11) is -1.31. The molecule has 3 heteroatoms. The standard InChI is InChI=1S/C53H38N2S/c1-56(2)48-28-15-13-26-42(48)43-30-31-44-49(35-17-6-3-7-18-35)54-52(55-50(44)51(43)56)38-20-16-19-36(33-38)37-29-32-47-45(34-37)41-25-12-14-27-46(41)53(47,39-21-8-4-9-22-39)40-23-10-5-11-24-40/h3-34H,1-2H3. The van der Waals surface area contributed by atoms with E-state index in [1.165, 1.54) is 59.9 Å². The molecule has 1 aliphatic carbocycles. The summed E-state index contributed by atoms with van der Waals surface area (Å²) in [5.41, 5.74) is 16.4. The summed E-state index contributed by atoms with van der Waals surface area (Å²) in [6.07, 6.45) is 4.83. The lowest BCUT2D eigenvalue weighted by atomic mass is 9.67. The van der Waals surface area contributed by atoms with E-state index < -0.39 is 15.4 Å². The molecule has 0 spiro atoms. The lowest BCUT2D eigenvalue weighted by Gasteiger charge is -2.33. The lowest BCUT2D eigenvalue weighted by Crippen LogP contribution is -2.28. The van der Waals surface area contributed by atoms with Gasteiger partial charge in [0.05, 0.1) is 16.6 Å². The summed E-state index contributed by atoms with van der Waals surface area (Å²) in [5, 5.41) is 1.10. The number of hydrogen-bond donors (Lipinski definition) is 0. The number of fused-ring (bicyclic) bond motifs is 8. The second-order valence-electron chi connectivity index (χ2n) is 15.3. The van der Waals surface area contributed by atoms with E-state index in [-0.39, 0.29) is 0 Å². The topological polar surface area (TPSA) is 25.8 Å². The minimum atomic E-state index is -1.31. The average molecular weight is 735 g/mol. The third kappa shape index (κ3) is 4.71. The van der Waals surface area contributed by atoms with Crippen molar-refractivity contribution in [2.45, 2.75) is 15.2 Å². The van der Waals surface area contributed by atoms with E-state index in [1.54, 1.807) is 0 Å². The summed E-state index contributed by atoms with van der Waals surface area (Å²) in [4.78, 5) is 13.6. The van der Waals surface area contributed by atoms with Crippen LogP contribution in [0.2, 0.25) is 0 Å². The maximum Gasteiger partial charge on any atom is 0.160 e. The Balaban J connectivity index is 1.10. The Bertz CT molecular complexity index is 2950. The zero-order chi connectivity index (χ0) is 37.4. The molecule has 1 aromatic heterocycles. The van der Waals surface area contributed by atoms with Crippen molar-refractivity contribution >= 4 is 20.9 Å². The molecule has 0 atom stereocenters. The summed E-state index contributed by atoms with van der Waals surface area (Å²) < 4.78 is 0. The molecule has 0 amide bonds. The van der Waals surface area contributed by atoms with Gasteiger partial charge in [0, 0.05) is 26.3 Å². The van der Waals surface area contributed by atoms with Gasteiger partial charge in [-0.05, 0) is 92.4 Å². The highest BCUT2D eigenvalue weighted by Gasteiger charge is 2.46. The minimum Gasteiger partial charge on any atom is -0.227 e. The average Bonchev–Trinajstić information content (AvgIpc) is 3.70. The molecule has 9 aromatic rings. The first-order chi connectivity index (χ1) is 27.5. The first-order valence-corrected chi connectivity index (χ1v) is 21.7. The van der Waals surface area contributed by atoms with Crippen molar-refractivity contribution < 1.29 is 0 Å². The van der Waals surface area contributed by atoms with Crippen LogP contribution in [-0.2, 0) is 5.41 Å². The number of rotatable bonds is 5. The normalized spacial score (nSPS) is 14.8. The van der Waals surface area contributed by atoms with E-state index >= 15 is 0 Å². The smallest absolute Gasteiger partial charge is 0.160 e. The molecule has 0 radical (unpaired) electrons. The molecule has 11 rings (SSSR count). The largest absolute Gasteiger partial charge is 0.227 e. The molecular formula is C53H38N2S. The van der Waals surface area contributed by atoms with Gasteiger partial charge in [-0.1, -0.05) is 170 Å². The fraction of sp³-hybridized carbons (Fsp3) is 0.0566. The van der Waals surface area contributed by atoms with Crippen LogP contribution in [0.5, 0.6) is 0 Å². The van der Waals surface area contributed by atoms with Gasteiger partial charge in [-0.25, -0.2) is 9.97 Å². The van der Waals surface area contributed by atoms with Gasteiger partial charge in [-0.3, -0.25) is 0 Å².